The molecule has 1 atom stereocenters. The fourth-order valence-electron chi connectivity index (χ4n) is 4.21. The third-order valence-electron chi connectivity index (χ3n) is 6.04. The second-order valence-electron chi connectivity index (χ2n) is 7.98. The number of halogens is 1. The smallest absolute Gasteiger partial charge is 0.239 e. The number of nitrogens with one attached hydrogen (secondary N) is 1. The van der Waals surface area contributed by atoms with Crippen molar-refractivity contribution in [2.24, 2.45) is 11.8 Å². The number of hydrogen-bond acceptors (Lipinski definition) is 4. The third-order valence-corrected chi connectivity index (χ3v) is 6.30. The van der Waals surface area contributed by atoms with E-state index in [9.17, 15) is 14.4 Å². The summed E-state index contributed by atoms with van der Waals surface area (Å²) in [4.78, 5) is 41.8. The van der Waals surface area contributed by atoms with Gasteiger partial charge in [-0.2, -0.15) is 5.10 Å². The average molecular weight is 444 g/mol. The molecule has 0 aliphatic carbocycles. The van der Waals surface area contributed by atoms with Crippen molar-refractivity contribution in [2.45, 2.75) is 32.7 Å². The first-order chi connectivity index (χ1) is 15.0. The molecule has 0 spiro atoms. The zero-order valence-electron chi connectivity index (χ0n) is 17.5. The molecule has 164 valence electrons. The Kier molecular flexibility index (Phi) is 6.27. The lowest BCUT2D eigenvalue weighted by Crippen LogP contribution is -2.45. The lowest BCUT2D eigenvalue weighted by Gasteiger charge is -2.32. The largest absolute Gasteiger partial charge is 0.342 e. The Labute approximate surface area is 186 Å². The van der Waals surface area contributed by atoms with Crippen LogP contribution in [0.15, 0.2) is 36.7 Å². The van der Waals surface area contributed by atoms with E-state index in [4.69, 9.17) is 11.6 Å². The molecule has 1 aromatic heterocycles. The van der Waals surface area contributed by atoms with Crippen molar-refractivity contribution < 1.29 is 14.4 Å². The first-order valence-electron chi connectivity index (χ1n) is 10.7. The lowest BCUT2D eigenvalue weighted by molar-refractivity contribution is -0.142. The number of piperidine rings is 1. The molecule has 0 radical (unpaired) electrons. The van der Waals surface area contributed by atoms with Crippen molar-refractivity contribution in [1.29, 1.82) is 0 Å². The molecule has 3 heterocycles. The molecule has 9 heteroatoms. The number of anilines is 2. The van der Waals surface area contributed by atoms with Crippen LogP contribution >= 0.6 is 11.6 Å². The van der Waals surface area contributed by atoms with Crippen molar-refractivity contribution >= 4 is 40.7 Å². The Morgan fingerprint density at radius 2 is 1.84 bits per heavy atom. The maximum absolute atomic E-state index is 13.0. The SMILES string of the molecule is CCn1cc(NC(=O)C2CCN(C(=O)C3CCN(c4ccc(Cl)cc4)C3=O)CC2)cn1. The Bertz CT molecular complexity index is 966. The summed E-state index contributed by atoms with van der Waals surface area (Å²) in [6.07, 6.45) is 5.11. The first kappa shape index (κ1) is 21.4. The van der Waals surface area contributed by atoms with Gasteiger partial charge in [0.05, 0.1) is 11.9 Å². The highest BCUT2D eigenvalue weighted by Crippen LogP contribution is 2.29. The topological polar surface area (TPSA) is 87.5 Å². The number of aryl methyl sites for hydroxylation is 1. The Balaban J connectivity index is 1.30. The molecule has 0 saturated carbocycles. The Morgan fingerprint density at radius 3 is 2.48 bits per heavy atom. The normalized spacial score (nSPS) is 19.7. The summed E-state index contributed by atoms with van der Waals surface area (Å²) in [7, 11) is 0. The summed E-state index contributed by atoms with van der Waals surface area (Å²) in [5.41, 5.74) is 1.44. The Hall–Kier alpha value is -2.87. The van der Waals surface area contributed by atoms with Crippen LogP contribution in [0.25, 0.3) is 0 Å². The van der Waals surface area contributed by atoms with Crippen LogP contribution in [-0.2, 0) is 20.9 Å². The van der Waals surface area contributed by atoms with Gasteiger partial charge in [0, 0.05) is 49.0 Å². The van der Waals surface area contributed by atoms with Gasteiger partial charge in [-0.15, -0.1) is 0 Å². The maximum atomic E-state index is 13.0. The van der Waals surface area contributed by atoms with E-state index in [-0.39, 0.29) is 23.6 Å². The minimum absolute atomic E-state index is 0.0476. The second-order valence-corrected chi connectivity index (χ2v) is 8.42. The number of carbonyl (C=O) groups excluding carboxylic acids is 3. The van der Waals surface area contributed by atoms with Crippen LogP contribution in [0.2, 0.25) is 5.02 Å². The minimum Gasteiger partial charge on any atom is -0.342 e. The van der Waals surface area contributed by atoms with E-state index >= 15 is 0 Å². The summed E-state index contributed by atoms with van der Waals surface area (Å²) < 4.78 is 1.75. The van der Waals surface area contributed by atoms with Crippen molar-refractivity contribution in [3.63, 3.8) is 0 Å². The fraction of sp³-hybridized carbons (Fsp3) is 0.455. The van der Waals surface area contributed by atoms with Gasteiger partial charge in [-0.25, -0.2) is 0 Å². The fourth-order valence-corrected chi connectivity index (χ4v) is 4.34. The molecule has 8 nitrogen and oxygen atoms in total. The van der Waals surface area contributed by atoms with Gasteiger partial charge in [0.25, 0.3) is 0 Å². The molecule has 4 rings (SSSR count). The van der Waals surface area contributed by atoms with Crippen LogP contribution in [0.3, 0.4) is 0 Å². The quantitative estimate of drug-likeness (QED) is 0.720. The number of nitrogens with zero attached hydrogens (tertiary/aromatic N) is 4. The molecule has 2 aliphatic heterocycles. The molecule has 2 aromatic rings. The zero-order valence-corrected chi connectivity index (χ0v) is 18.2. The molecule has 2 aliphatic rings. The highest BCUT2D eigenvalue weighted by molar-refractivity contribution is 6.30. The van der Waals surface area contributed by atoms with Gasteiger partial charge >= 0.3 is 0 Å². The lowest BCUT2D eigenvalue weighted by atomic mass is 9.94. The van der Waals surface area contributed by atoms with Crippen LogP contribution < -0.4 is 10.2 Å². The van der Waals surface area contributed by atoms with E-state index in [0.29, 0.717) is 49.6 Å². The van der Waals surface area contributed by atoms with Gasteiger partial charge in [0.15, 0.2) is 0 Å². The molecule has 31 heavy (non-hydrogen) atoms. The monoisotopic (exact) mass is 443 g/mol. The zero-order chi connectivity index (χ0) is 22.0. The number of rotatable bonds is 5. The van der Waals surface area contributed by atoms with E-state index in [1.54, 1.807) is 51.1 Å². The van der Waals surface area contributed by atoms with Crippen LogP contribution in [0.1, 0.15) is 26.2 Å². The van der Waals surface area contributed by atoms with Gasteiger partial charge in [-0.1, -0.05) is 11.6 Å². The van der Waals surface area contributed by atoms with E-state index in [1.165, 1.54) is 0 Å². The van der Waals surface area contributed by atoms with E-state index in [0.717, 1.165) is 12.2 Å². The highest BCUT2D eigenvalue weighted by Gasteiger charge is 2.40. The number of amides is 3. The van der Waals surface area contributed by atoms with E-state index in [1.807, 2.05) is 6.92 Å². The van der Waals surface area contributed by atoms with Crippen LogP contribution in [0, 0.1) is 11.8 Å². The number of aromatic nitrogens is 2. The van der Waals surface area contributed by atoms with E-state index in [2.05, 4.69) is 10.4 Å². The predicted molar refractivity (Wildman–Crippen MR) is 118 cm³/mol. The van der Waals surface area contributed by atoms with Gasteiger partial charge in [0.1, 0.15) is 5.92 Å². The van der Waals surface area contributed by atoms with Crippen molar-refractivity contribution in [3.8, 4) is 0 Å². The summed E-state index contributed by atoms with van der Waals surface area (Å²) in [6, 6.07) is 7.06. The predicted octanol–water partition coefficient (Wildman–Crippen LogP) is 2.79. The minimum atomic E-state index is -0.652. The summed E-state index contributed by atoms with van der Waals surface area (Å²) in [6.45, 7) is 4.20. The molecule has 1 aromatic carbocycles. The number of carbonyl (C=O) groups is 3. The molecule has 3 amide bonds. The van der Waals surface area contributed by atoms with Gasteiger partial charge < -0.3 is 15.1 Å². The summed E-state index contributed by atoms with van der Waals surface area (Å²) >= 11 is 5.93. The third kappa shape index (κ3) is 4.58. The van der Waals surface area contributed by atoms with Crippen molar-refractivity contribution in [3.05, 3.63) is 41.7 Å². The Morgan fingerprint density at radius 1 is 1.13 bits per heavy atom. The maximum Gasteiger partial charge on any atom is 0.239 e. The van der Waals surface area contributed by atoms with Crippen molar-refractivity contribution in [1.82, 2.24) is 14.7 Å². The highest BCUT2D eigenvalue weighted by atomic mass is 35.5. The van der Waals surface area contributed by atoms with Gasteiger partial charge in [-0.3, -0.25) is 19.1 Å². The summed E-state index contributed by atoms with van der Waals surface area (Å²) in [5, 5.41) is 7.67. The molecular formula is C22H26ClN5O3. The van der Waals surface area contributed by atoms with E-state index < -0.39 is 5.92 Å². The average Bonchev–Trinajstić information content (AvgIpc) is 3.40. The second kappa shape index (κ2) is 9.09. The molecule has 0 bridgehead atoms. The standard InChI is InChI=1S/C22H26ClN5O3/c1-2-27-14-17(13-24-27)25-20(29)15-7-10-26(11-8-15)21(30)19-9-12-28(22(19)31)18-5-3-16(23)4-6-18/h3-6,13-15,19H,2,7-12H2,1H3,(H,25,29). The first-order valence-corrected chi connectivity index (χ1v) is 11.0. The summed E-state index contributed by atoms with van der Waals surface area (Å²) in [5.74, 6) is -1.15. The van der Waals surface area contributed by atoms with Crippen molar-refractivity contribution in [2.75, 3.05) is 29.9 Å². The molecule has 1 N–H and O–H groups in total. The number of likely N-dealkylation sites (tertiary alicyclic amines) is 1. The molecular weight excluding hydrogens is 418 g/mol. The van der Waals surface area contributed by atoms with Gasteiger partial charge in [-0.05, 0) is 50.5 Å². The van der Waals surface area contributed by atoms with Crippen LogP contribution in [-0.4, -0.2) is 52.0 Å². The van der Waals surface area contributed by atoms with Gasteiger partial charge in [0.2, 0.25) is 17.7 Å². The molecule has 2 saturated heterocycles. The molecule has 1 unspecified atom stereocenters. The van der Waals surface area contributed by atoms with Crippen LogP contribution in [0.5, 0.6) is 0 Å². The number of benzene rings is 1. The molecule has 2 fully saturated rings. The number of hydrogen-bond donors (Lipinski definition) is 1. The van der Waals surface area contributed by atoms with Crippen LogP contribution in [0.4, 0.5) is 11.4 Å².